The Labute approximate surface area is 161 Å². The molecule has 3 heterocycles. The van der Waals surface area contributed by atoms with Gasteiger partial charge in [0, 0.05) is 52.1 Å². The van der Waals surface area contributed by atoms with Gasteiger partial charge in [0.15, 0.2) is 11.5 Å². The van der Waals surface area contributed by atoms with E-state index in [4.69, 9.17) is 0 Å². The van der Waals surface area contributed by atoms with Crippen LogP contribution in [0.4, 0.5) is 5.82 Å². The molecule has 0 atom stereocenters. The first-order valence-corrected chi connectivity index (χ1v) is 10.1. The highest BCUT2D eigenvalue weighted by Gasteiger charge is 2.21. The maximum absolute atomic E-state index is 12.6. The number of anilines is 1. The van der Waals surface area contributed by atoms with Crippen molar-refractivity contribution in [3.05, 3.63) is 18.0 Å². The van der Waals surface area contributed by atoms with E-state index in [9.17, 15) is 4.79 Å². The van der Waals surface area contributed by atoms with Crippen molar-refractivity contribution in [2.24, 2.45) is 0 Å². The van der Waals surface area contributed by atoms with Crippen LogP contribution in [-0.2, 0) is 11.2 Å². The average Bonchev–Trinajstić information content (AvgIpc) is 3.10. The third-order valence-corrected chi connectivity index (χ3v) is 5.23. The minimum atomic E-state index is 0.197. The zero-order valence-electron chi connectivity index (χ0n) is 16.8. The monoisotopic (exact) mass is 373 g/mol. The van der Waals surface area contributed by atoms with E-state index in [2.05, 4.69) is 45.9 Å². The standard InChI is InChI=1S/C19H31N7O/c1-4-11-23-12-14-25(15-13-23)19(27)10-9-17-21-20-16-7-8-18(22-26(16)17)24(5-2)6-3/h7-8H,4-6,9-15H2,1-3H3. The number of carbonyl (C=O) groups is 1. The molecule has 8 heteroatoms. The number of aromatic nitrogens is 4. The number of piperazine rings is 1. The summed E-state index contributed by atoms with van der Waals surface area (Å²) in [6.45, 7) is 12.9. The third-order valence-electron chi connectivity index (χ3n) is 5.23. The molecule has 3 rings (SSSR count). The fourth-order valence-corrected chi connectivity index (χ4v) is 3.61. The van der Waals surface area contributed by atoms with E-state index in [-0.39, 0.29) is 5.91 Å². The minimum Gasteiger partial charge on any atom is -0.356 e. The molecule has 1 aliphatic rings. The summed E-state index contributed by atoms with van der Waals surface area (Å²) in [5, 5.41) is 13.1. The molecule has 1 amide bonds. The number of fused-ring (bicyclic) bond motifs is 1. The fourth-order valence-electron chi connectivity index (χ4n) is 3.61. The number of aryl methyl sites for hydroxylation is 1. The summed E-state index contributed by atoms with van der Waals surface area (Å²) in [4.78, 5) is 19.2. The SMILES string of the molecule is CCCN1CCN(C(=O)CCc2nnc3ccc(N(CC)CC)nn23)CC1. The lowest BCUT2D eigenvalue weighted by Crippen LogP contribution is -2.48. The lowest BCUT2D eigenvalue weighted by molar-refractivity contribution is -0.132. The smallest absolute Gasteiger partial charge is 0.223 e. The Morgan fingerprint density at radius 2 is 1.81 bits per heavy atom. The van der Waals surface area contributed by atoms with Gasteiger partial charge in [-0.2, -0.15) is 4.52 Å². The second-order valence-electron chi connectivity index (χ2n) is 6.97. The fraction of sp³-hybridized carbons (Fsp3) is 0.684. The van der Waals surface area contributed by atoms with Crippen molar-refractivity contribution in [3.8, 4) is 0 Å². The highest BCUT2D eigenvalue weighted by atomic mass is 16.2. The molecule has 0 aromatic carbocycles. The van der Waals surface area contributed by atoms with Gasteiger partial charge in [-0.1, -0.05) is 6.92 Å². The molecule has 2 aromatic heterocycles. The Hall–Kier alpha value is -2.22. The van der Waals surface area contributed by atoms with Gasteiger partial charge in [0.2, 0.25) is 5.91 Å². The van der Waals surface area contributed by atoms with Gasteiger partial charge >= 0.3 is 0 Å². The van der Waals surface area contributed by atoms with Crippen LogP contribution in [0, 0.1) is 0 Å². The summed E-state index contributed by atoms with van der Waals surface area (Å²) in [5.74, 6) is 1.85. The summed E-state index contributed by atoms with van der Waals surface area (Å²) in [5.41, 5.74) is 0.724. The van der Waals surface area contributed by atoms with Gasteiger partial charge in [-0.05, 0) is 38.9 Å². The van der Waals surface area contributed by atoms with Crippen LogP contribution in [0.15, 0.2) is 12.1 Å². The van der Waals surface area contributed by atoms with Crippen LogP contribution in [0.1, 0.15) is 39.4 Å². The maximum Gasteiger partial charge on any atom is 0.223 e. The van der Waals surface area contributed by atoms with Crippen LogP contribution in [-0.4, -0.2) is 81.3 Å². The van der Waals surface area contributed by atoms with Crippen molar-refractivity contribution in [1.29, 1.82) is 0 Å². The van der Waals surface area contributed by atoms with Gasteiger partial charge in [0.1, 0.15) is 5.82 Å². The molecule has 8 nitrogen and oxygen atoms in total. The van der Waals surface area contributed by atoms with Crippen molar-refractivity contribution in [2.45, 2.75) is 40.0 Å². The van der Waals surface area contributed by atoms with Crippen LogP contribution in [0.5, 0.6) is 0 Å². The van der Waals surface area contributed by atoms with Gasteiger partial charge in [-0.25, -0.2) is 0 Å². The first-order chi connectivity index (χ1) is 13.2. The van der Waals surface area contributed by atoms with Crippen molar-refractivity contribution in [3.63, 3.8) is 0 Å². The zero-order valence-corrected chi connectivity index (χ0v) is 16.8. The van der Waals surface area contributed by atoms with Crippen LogP contribution < -0.4 is 4.90 Å². The Bertz CT molecular complexity index is 748. The topological polar surface area (TPSA) is 69.9 Å². The highest BCUT2D eigenvalue weighted by Crippen LogP contribution is 2.13. The van der Waals surface area contributed by atoms with Crippen molar-refractivity contribution in [1.82, 2.24) is 29.6 Å². The molecule has 1 aliphatic heterocycles. The predicted octanol–water partition coefficient (Wildman–Crippen LogP) is 1.46. The van der Waals surface area contributed by atoms with E-state index < -0.39 is 0 Å². The number of hydrogen-bond acceptors (Lipinski definition) is 6. The Kier molecular flexibility index (Phi) is 6.60. The normalized spacial score (nSPS) is 15.4. The molecule has 0 bridgehead atoms. The molecule has 1 saturated heterocycles. The van der Waals surface area contributed by atoms with E-state index >= 15 is 0 Å². The molecule has 1 fully saturated rings. The Morgan fingerprint density at radius 3 is 2.48 bits per heavy atom. The summed E-state index contributed by atoms with van der Waals surface area (Å²) in [7, 11) is 0. The molecule has 2 aromatic rings. The summed E-state index contributed by atoms with van der Waals surface area (Å²) in [6, 6.07) is 3.91. The first kappa shape index (κ1) is 19.5. The van der Waals surface area contributed by atoms with Gasteiger partial charge in [0.05, 0.1) is 0 Å². The van der Waals surface area contributed by atoms with Gasteiger partial charge < -0.3 is 9.80 Å². The van der Waals surface area contributed by atoms with E-state index in [0.29, 0.717) is 12.8 Å². The van der Waals surface area contributed by atoms with Crippen LogP contribution in [0.25, 0.3) is 5.65 Å². The highest BCUT2D eigenvalue weighted by molar-refractivity contribution is 5.76. The van der Waals surface area contributed by atoms with E-state index in [1.807, 2.05) is 17.0 Å². The molecular weight excluding hydrogens is 342 g/mol. The van der Waals surface area contributed by atoms with E-state index in [0.717, 1.165) is 69.5 Å². The van der Waals surface area contributed by atoms with Gasteiger partial charge in [0.25, 0.3) is 0 Å². The largest absolute Gasteiger partial charge is 0.356 e. The third kappa shape index (κ3) is 4.55. The van der Waals surface area contributed by atoms with E-state index in [1.165, 1.54) is 0 Å². The predicted molar refractivity (Wildman–Crippen MR) is 106 cm³/mol. The number of rotatable bonds is 8. The summed E-state index contributed by atoms with van der Waals surface area (Å²) in [6.07, 6.45) is 2.17. The molecule has 0 saturated carbocycles. The van der Waals surface area contributed by atoms with Crippen molar-refractivity contribution < 1.29 is 4.79 Å². The summed E-state index contributed by atoms with van der Waals surface area (Å²) < 4.78 is 1.78. The molecule has 0 spiro atoms. The zero-order chi connectivity index (χ0) is 19.2. The van der Waals surface area contributed by atoms with Crippen LogP contribution >= 0.6 is 0 Å². The second kappa shape index (κ2) is 9.12. The number of carbonyl (C=O) groups excluding carboxylic acids is 1. The van der Waals surface area contributed by atoms with E-state index in [1.54, 1.807) is 4.52 Å². The average molecular weight is 374 g/mol. The van der Waals surface area contributed by atoms with Crippen LogP contribution in [0.2, 0.25) is 0 Å². The van der Waals surface area contributed by atoms with Gasteiger partial charge in [-0.3, -0.25) is 9.69 Å². The van der Waals surface area contributed by atoms with Gasteiger partial charge in [-0.15, -0.1) is 15.3 Å². The number of amides is 1. The molecule has 0 N–H and O–H groups in total. The number of nitrogens with zero attached hydrogens (tertiary/aromatic N) is 7. The molecule has 0 aliphatic carbocycles. The lowest BCUT2D eigenvalue weighted by atomic mass is 10.2. The van der Waals surface area contributed by atoms with Crippen molar-refractivity contribution >= 4 is 17.4 Å². The first-order valence-electron chi connectivity index (χ1n) is 10.1. The van der Waals surface area contributed by atoms with Crippen LogP contribution in [0.3, 0.4) is 0 Å². The summed E-state index contributed by atoms with van der Waals surface area (Å²) >= 11 is 0. The second-order valence-corrected chi connectivity index (χ2v) is 6.97. The molecule has 148 valence electrons. The Balaban J connectivity index is 1.61. The quantitative estimate of drug-likeness (QED) is 0.698. The molecular formula is C19H31N7O. The maximum atomic E-state index is 12.6. The minimum absolute atomic E-state index is 0.197. The Morgan fingerprint density at radius 1 is 1.07 bits per heavy atom. The number of hydrogen-bond donors (Lipinski definition) is 0. The lowest BCUT2D eigenvalue weighted by Gasteiger charge is -2.34. The molecule has 0 radical (unpaired) electrons. The molecule has 27 heavy (non-hydrogen) atoms. The van der Waals surface area contributed by atoms with Crippen molar-refractivity contribution in [2.75, 3.05) is 50.7 Å². The molecule has 0 unspecified atom stereocenters.